The molecule has 7 nitrogen and oxygen atoms in total. The fraction of sp³-hybridized carbons (Fsp3) is 0.300. The van der Waals surface area contributed by atoms with E-state index in [1.807, 2.05) is 38.1 Å². The number of carbonyl (C=O) groups excluding carboxylic acids is 1. The second kappa shape index (κ2) is 8.44. The third kappa shape index (κ3) is 4.55. The molecule has 0 bridgehead atoms. The Labute approximate surface area is 177 Å². The average molecular weight is 433 g/mol. The lowest BCUT2D eigenvalue weighted by Gasteiger charge is -2.22. The topological polar surface area (TPSA) is 79.6 Å². The number of thiazole rings is 1. The molecular weight excluding hydrogens is 412 g/mol. The summed E-state index contributed by atoms with van der Waals surface area (Å²) in [5, 5.41) is 12.4. The van der Waals surface area contributed by atoms with Gasteiger partial charge in [-0.3, -0.25) is 19.8 Å². The first-order valence-electron chi connectivity index (χ1n) is 8.95. The number of aromatic nitrogens is 1. The number of benzene rings is 2. The first kappa shape index (κ1) is 21.2. The lowest BCUT2D eigenvalue weighted by Crippen LogP contribution is -2.36. The van der Waals surface area contributed by atoms with Crippen LogP contribution in [0.4, 0.5) is 10.8 Å². The van der Waals surface area contributed by atoms with Crippen LogP contribution in [0.5, 0.6) is 0 Å². The van der Waals surface area contributed by atoms with Gasteiger partial charge in [-0.25, -0.2) is 4.98 Å². The molecule has 0 unspecified atom stereocenters. The normalized spacial score (nSPS) is 11.2. The number of carbonyl (C=O) groups is 1. The Bertz CT molecular complexity index is 1100. The van der Waals surface area contributed by atoms with E-state index in [1.54, 1.807) is 24.0 Å². The van der Waals surface area contributed by atoms with Crippen molar-refractivity contribution in [2.45, 2.75) is 13.8 Å². The molecule has 9 heteroatoms. The van der Waals surface area contributed by atoms with Crippen molar-refractivity contribution in [3.63, 3.8) is 0 Å². The third-order valence-corrected chi connectivity index (χ3v) is 5.78. The highest BCUT2D eigenvalue weighted by Crippen LogP contribution is 2.34. The van der Waals surface area contributed by atoms with Gasteiger partial charge in [0.05, 0.1) is 15.1 Å². The standard InChI is InChI=1S/C20H21ClN4O3S/c1-12-5-6-14(10-16(12)25(27)28)19(26)24(8-7-23(3)4)20-22-18-13(2)9-15(21)11-17(18)29-20/h5-6,9-11H,7-8H2,1-4H3. The molecule has 3 rings (SSSR count). The number of nitrogens with zero attached hydrogens (tertiary/aromatic N) is 4. The number of aryl methyl sites for hydroxylation is 2. The van der Waals surface area contributed by atoms with Crippen molar-refractivity contribution in [3.05, 3.63) is 62.2 Å². The number of hydrogen-bond acceptors (Lipinski definition) is 6. The zero-order chi connectivity index (χ0) is 21.3. The predicted molar refractivity (Wildman–Crippen MR) is 117 cm³/mol. The Kier molecular flexibility index (Phi) is 6.16. The maximum atomic E-state index is 13.3. The zero-order valence-electron chi connectivity index (χ0n) is 16.6. The fourth-order valence-electron chi connectivity index (χ4n) is 2.94. The summed E-state index contributed by atoms with van der Waals surface area (Å²) >= 11 is 7.54. The van der Waals surface area contributed by atoms with E-state index < -0.39 is 4.92 Å². The molecule has 0 aliphatic carbocycles. The highest BCUT2D eigenvalue weighted by atomic mass is 35.5. The first-order chi connectivity index (χ1) is 13.7. The van der Waals surface area contributed by atoms with Gasteiger partial charge in [0, 0.05) is 35.3 Å². The van der Waals surface area contributed by atoms with E-state index in [1.165, 1.54) is 17.4 Å². The van der Waals surface area contributed by atoms with Gasteiger partial charge in [0.2, 0.25) is 0 Å². The van der Waals surface area contributed by atoms with Gasteiger partial charge in [-0.05, 0) is 51.7 Å². The minimum absolute atomic E-state index is 0.0738. The molecule has 152 valence electrons. The molecule has 0 radical (unpaired) electrons. The quantitative estimate of drug-likeness (QED) is 0.417. The summed E-state index contributed by atoms with van der Waals surface area (Å²) in [6.07, 6.45) is 0. The molecule has 3 aromatic rings. The Morgan fingerprint density at radius 3 is 2.55 bits per heavy atom. The van der Waals surface area contributed by atoms with Crippen molar-refractivity contribution in [2.24, 2.45) is 0 Å². The number of nitro benzene ring substituents is 1. The maximum Gasteiger partial charge on any atom is 0.273 e. The van der Waals surface area contributed by atoms with Gasteiger partial charge in [0.1, 0.15) is 0 Å². The number of nitro groups is 1. The van der Waals surface area contributed by atoms with Crippen LogP contribution in [-0.2, 0) is 0 Å². The van der Waals surface area contributed by atoms with Gasteiger partial charge in [0.25, 0.3) is 11.6 Å². The number of amides is 1. The minimum atomic E-state index is -0.473. The molecule has 0 spiro atoms. The van der Waals surface area contributed by atoms with Crippen LogP contribution in [0.2, 0.25) is 5.02 Å². The van der Waals surface area contributed by atoms with Crippen LogP contribution in [0.1, 0.15) is 21.5 Å². The molecule has 0 fully saturated rings. The summed E-state index contributed by atoms with van der Waals surface area (Å²) in [4.78, 5) is 32.3. The summed E-state index contributed by atoms with van der Waals surface area (Å²) in [6.45, 7) is 4.60. The van der Waals surface area contributed by atoms with Crippen molar-refractivity contribution < 1.29 is 9.72 Å². The third-order valence-electron chi connectivity index (χ3n) is 4.54. The predicted octanol–water partition coefficient (Wildman–Crippen LogP) is 4.68. The second-order valence-corrected chi connectivity index (χ2v) is 8.53. The van der Waals surface area contributed by atoms with E-state index >= 15 is 0 Å². The number of hydrogen-bond donors (Lipinski definition) is 0. The van der Waals surface area contributed by atoms with Crippen molar-refractivity contribution in [1.29, 1.82) is 0 Å². The molecule has 29 heavy (non-hydrogen) atoms. The lowest BCUT2D eigenvalue weighted by atomic mass is 10.1. The van der Waals surface area contributed by atoms with Gasteiger partial charge in [-0.15, -0.1) is 0 Å². The number of halogens is 1. The smallest absolute Gasteiger partial charge is 0.273 e. The lowest BCUT2D eigenvalue weighted by molar-refractivity contribution is -0.385. The van der Waals surface area contributed by atoms with Crippen LogP contribution in [0.15, 0.2) is 30.3 Å². The Hall–Kier alpha value is -2.55. The molecule has 0 aliphatic rings. The van der Waals surface area contributed by atoms with E-state index in [9.17, 15) is 14.9 Å². The SMILES string of the molecule is Cc1ccc(C(=O)N(CCN(C)C)c2nc3c(C)cc(Cl)cc3s2)cc1[N+](=O)[O-]. The molecular formula is C20H21ClN4O3S. The van der Waals surface area contributed by atoms with Crippen molar-refractivity contribution in [2.75, 3.05) is 32.1 Å². The van der Waals surface area contributed by atoms with Crippen molar-refractivity contribution in [1.82, 2.24) is 9.88 Å². The van der Waals surface area contributed by atoms with E-state index in [-0.39, 0.29) is 17.2 Å². The monoisotopic (exact) mass is 432 g/mol. The Balaban J connectivity index is 2.06. The summed E-state index contributed by atoms with van der Waals surface area (Å²) in [5.74, 6) is -0.322. The summed E-state index contributed by atoms with van der Waals surface area (Å²) < 4.78 is 0.891. The first-order valence-corrected chi connectivity index (χ1v) is 10.1. The van der Waals surface area contributed by atoms with Gasteiger partial charge in [-0.1, -0.05) is 29.0 Å². The zero-order valence-corrected chi connectivity index (χ0v) is 18.2. The number of rotatable bonds is 6. The molecule has 0 N–H and O–H groups in total. The largest absolute Gasteiger partial charge is 0.308 e. The summed E-state index contributed by atoms with van der Waals surface area (Å²) in [7, 11) is 3.84. The fourth-order valence-corrected chi connectivity index (χ4v) is 4.38. The Morgan fingerprint density at radius 1 is 1.17 bits per heavy atom. The molecule has 0 aliphatic heterocycles. The van der Waals surface area contributed by atoms with Gasteiger partial charge < -0.3 is 4.90 Å². The highest BCUT2D eigenvalue weighted by molar-refractivity contribution is 7.22. The van der Waals surface area contributed by atoms with Crippen LogP contribution in [0.25, 0.3) is 10.2 Å². The number of fused-ring (bicyclic) bond motifs is 1. The minimum Gasteiger partial charge on any atom is -0.308 e. The molecule has 1 aromatic heterocycles. The van der Waals surface area contributed by atoms with Crippen LogP contribution in [-0.4, -0.2) is 47.9 Å². The molecule has 1 amide bonds. The number of anilines is 1. The van der Waals surface area contributed by atoms with Crippen LogP contribution < -0.4 is 4.90 Å². The molecule has 0 atom stereocenters. The van der Waals surface area contributed by atoms with Crippen LogP contribution >= 0.6 is 22.9 Å². The molecule has 0 saturated heterocycles. The van der Waals surface area contributed by atoms with E-state index in [4.69, 9.17) is 11.6 Å². The van der Waals surface area contributed by atoms with E-state index in [0.29, 0.717) is 28.8 Å². The summed E-state index contributed by atoms with van der Waals surface area (Å²) in [5.41, 5.74) is 2.43. The molecule has 2 aromatic carbocycles. The average Bonchev–Trinajstić information content (AvgIpc) is 3.05. The van der Waals surface area contributed by atoms with Crippen LogP contribution in [0.3, 0.4) is 0 Å². The van der Waals surface area contributed by atoms with Gasteiger partial charge >= 0.3 is 0 Å². The molecule has 1 heterocycles. The van der Waals surface area contributed by atoms with E-state index in [0.717, 1.165) is 15.8 Å². The van der Waals surface area contributed by atoms with Crippen molar-refractivity contribution >= 4 is 49.9 Å². The van der Waals surface area contributed by atoms with Gasteiger partial charge in [0.15, 0.2) is 5.13 Å². The van der Waals surface area contributed by atoms with Gasteiger partial charge in [-0.2, -0.15) is 0 Å². The maximum absolute atomic E-state index is 13.3. The molecule has 0 saturated carbocycles. The van der Waals surface area contributed by atoms with Crippen LogP contribution in [0, 0.1) is 24.0 Å². The highest BCUT2D eigenvalue weighted by Gasteiger charge is 2.24. The van der Waals surface area contributed by atoms with E-state index in [2.05, 4.69) is 4.98 Å². The van der Waals surface area contributed by atoms with Crippen molar-refractivity contribution in [3.8, 4) is 0 Å². The Morgan fingerprint density at radius 2 is 1.90 bits per heavy atom. The summed E-state index contributed by atoms with van der Waals surface area (Å²) in [6, 6.07) is 8.20. The second-order valence-electron chi connectivity index (χ2n) is 7.08. The number of likely N-dealkylation sites (N-methyl/N-ethyl adjacent to an activating group) is 1.